The predicted molar refractivity (Wildman–Crippen MR) is 66.0 cm³/mol. The average Bonchev–Trinajstić information content (AvgIpc) is 2.35. The van der Waals surface area contributed by atoms with Gasteiger partial charge in [0.15, 0.2) is 0 Å². The number of hydrogen-bond donors (Lipinski definition) is 1. The molecule has 5 heteroatoms. The molecule has 1 aromatic rings. The van der Waals surface area contributed by atoms with Gasteiger partial charge in [0.05, 0.1) is 23.2 Å². The Labute approximate surface area is 105 Å². The molecule has 1 aromatic carbocycles. The van der Waals surface area contributed by atoms with E-state index in [1.807, 2.05) is 0 Å². The fourth-order valence-electron chi connectivity index (χ4n) is 1.76. The lowest BCUT2D eigenvalue weighted by Gasteiger charge is -2.26. The van der Waals surface area contributed by atoms with Crippen LogP contribution in [0.2, 0.25) is 0 Å². The van der Waals surface area contributed by atoms with Crippen LogP contribution in [0.4, 0.5) is 10.1 Å². The van der Waals surface area contributed by atoms with Gasteiger partial charge < -0.3 is 10.0 Å². The van der Waals surface area contributed by atoms with Crippen LogP contribution in [0.25, 0.3) is 0 Å². The molecule has 0 amide bonds. The highest BCUT2D eigenvalue weighted by Gasteiger charge is 2.20. The standard InChI is InChI=1S/C13H15FN2O2/c1-3-16(8-9(2)7-15)12-10(13(17)18)5-4-6-11(12)14/h4-6,9H,3,8H2,1-2H3,(H,17,18). The van der Waals surface area contributed by atoms with Crippen molar-refractivity contribution in [3.05, 3.63) is 29.6 Å². The van der Waals surface area contributed by atoms with Gasteiger partial charge in [-0.1, -0.05) is 6.07 Å². The molecular formula is C13H15FN2O2. The Balaban J connectivity index is 3.20. The maximum absolute atomic E-state index is 13.8. The second kappa shape index (κ2) is 6.01. The molecule has 1 rings (SSSR count). The quantitative estimate of drug-likeness (QED) is 0.872. The molecule has 1 unspecified atom stereocenters. The molecule has 1 atom stereocenters. The van der Waals surface area contributed by atoms with Gasteiger partial charge in [0.2, 0.25) is 0 Å². The predicted octanol–water partition coefficient (Wildman–Crippen LogP) is 2.51. The van der Waals surface area contributed by atoms with Gasteiger partial charge in [-0.15, -0.1) is 0 Å². The SMILES string of the molecule is CCN(CC(C)C#N)c1c(F)cccc1C(=O)O. The van der Waals surface area contributed by atoms with Gasteiger partial charge in [0.1, 0.15) is 5.82 Å². The number of halogens is 1. The number of hydrogen-bond acceptors (Lipinski definition) is 3. The van der Waals surface area contributed by atoms with E-state index in [1.165, 1.54) is 18.2 Å². The summed E-state index contributed by atoms with van der Waals surface area (Å²) in [6.07, 6.45) is 0. The molecule has 0 aliphatic rings. The molecule has 0 aromatic heterocycles. The molecule has 18 heavy (non-hydrogen) atoms. The van der Waals surface area contributed by atoms with Gasteiger partial charge in [-0.2, -0.15) is 5.26 Å². The second-order valence-electron chi connectivity index (χ2n) is 4.01. The number of para-hydroxylation sites is 1. The first-order valence-electron chi connectivity index (χ1n) is 5.67. The van der Waals surface area contributed by atoms with Crippen molar-refractivity contribution in [2.75, 3.05) is 18.0 Å². The molecule has 0 aliphatic carbocycles. The van der Waals surface area contributed by atoms with Crippen molar-refractivity contribution < 1.29 is 14.3 Å². The third kappa shape index (κ3) is 2.98. The van der Waals surface area contributed by atoms with Crippen molar-refractivity contribution in [2.24, 2.45) is 5.92 Å². The Morgan fingerprint density at radius 1 is 1.61 bits per heavy atom. The van der Waals surface area contributed by atoms with Crippen LogP contribution in [0.1, 0.15) is 24.2 Å². The van der Waals surface area contributed by atoms with E-state index in [9.17, 15) is 9.18 Å². The van der Waals surface area contributed by atoms with E-state index < -0.39 is 11.8 Å². The lowest BCUT2D eigenvalue weighted by atomic mass is 10.1. The van der Waals surface area contributed by atoms with Crippen LogP contribution < -0.4 is 4.90 Å². The van der Waals surface area contributed by atoms with Gasteiger partial charge in [-0.05, 0) is 26.0 Å². The van der Waals surface area contributed by atoms with Crippen LogP contribution in [-0.2, 0) is 0 Å². The van der Waals surface area contributed by atoms with Crippen molar-refractivity contribution in [1.29, 1.82) is 5.26 Å². The summed E-state index contributed by atoms with van der Waals surface area (Å²) in [4.78, 5) is 12.7. The van der Waals surface area contributed by atoms with Gasteiger partial charge in [-0.25, -0.2) is 9.18 Å². The first kappa shape index (κ1) is 14.0. The minimum Gasteiger partial charge on any atom is -0.478 e. The fraction of sp³-hybridized carbons (Fsp3) is 0.385. The smallest absolute Gasteiger partial charge is 0.337 e. The molecule has 0 saturated carbocycles. The molecular weight excluding hydrogens is 235 g/mol. The van der Waals surface area contributed by atoms with Gasteiger partial charge >= 0.3 is 5.97 Å². The van der Waals surface area contributed by atoms with Crippen LogP contribution in [0.5, 0.6) is 0 Å². The second-order valence-corrected chi connectivity index (χ2v) is 4.01. The topological polar surface area (TPSA) is 64.3 Å². The van der Waals surface area contributed by atoms with E-state index in [0.29, 0.717) is 13.1 Å². The van der Waals surface area contributed by atoms with E-state index in [-0.39, 0.29) is 17.2 Å². The Hall–Kier alpha value is -2.09. The number of aromatic carboxylic acids is 1. The molecule has 96 valence electrons. The minimum atomic E-state index is -1.17. The van der Waals surface area contributed by atoms with Crippen LogP contribution in [0.15, 0.2) is 18.2 Å². The van der Waals surface area contributed by atoms with Crippen LogP contribution in [0, 0.1) is 23.1 Å². The zero-order valence-corrected chi connectivity index (χ0v) is 10.4. The summed E-state index contributed by atoms with van der Waals surface area (Å²) in [5.41, 5.74) is -0.0309. The Kier molecular flexibility index (Phi) is 4.67. The summed E-state index contributed by atoms with van der Waals surface area (Å²) in [7, 11) is 0. The minimum absolute atomic E-state index is 0.0506. The van der Waals surface area contributed by atoms with E-state index in [0.717, 1.165) is 0 Å². The summed E-state index contributed by atoms with van der Waals surface area (Å²) in [6, 6.07) is 6.01. The van der Waals surface area contributed by atoms with Crippen molar-refractivity contribution in [2.45, 2.75) is 13.8 Å². The summed E-state index contributed by atoms with van der Waals surface area (Å²) in [6.45, 7) is 4.24. The number of carbonyl (C=O) groups is 1. The third-order valence-corrected chi connectivity index (χ3v) is 2.63. The van der Waals surface area contributed by atoms with Gasteiger partial charge in [0, 0.05) is 13.1 Å². The fourth-order valence-corrected chi connectivity index (χ4v) is 1.76. The molecule has 0 aliphatic heterocycles. The van der Waals surface area contributed by atoms with Crippen LogP contribution in [0.3, 0.4) is 0 Å². The number of nitrogens with zero attached hydrogens (tertiary/aromatic N) is 2. The van der Waals surface area contributed by atoms with Crippen LogP contribution >= 0.6 is 0 Å². The summed E-state index contributed by atoms with van der Waals surface area (Å²) >= 11 is 0. The molecule has 0 spiro atoms. The molecule has 0 fully saturated rings. The molecule has 0 saturated heterocycles. The largest absolute Gasteiger partial charge is 0.478 e. The highest BCUT2D eigenvalue weighted by atomic mass is 19.1. The molecule has 0 bridgehead atoms. The summed E-state index contributed by atoms with van der Waals surface area (Å²) in [5, 5.41) is 17.9. The first-order chi connectivity index (χ1) is 8.51. The van der Waals surface area contributed by atoms with Crippen LogP contribution in [-0.4, -0.2) is 24.2 Å². The highest BCUT2D eigenvalue weighted by Crippen LogP contribution is 2.25. The molecule has 1 N–H and O–H groups in total. The zero-order chi connectivity index (χ0) is 13.7. The maximum Gasteiger partial charge on any atom is 0.337 e. The normalized spacial score (nSPS) is 11.7. The van der Waals surface area contributed by atoms with Gasteiger partial charge in [0.25, 0.3) is 0 Å². The Morgan fingerprint density at radius 2 is 2.28 bits per heavy atom. The third-order valence-electron chi connectivity index (χ3n) is 2.63. The number of nitriles is 1. The lowest BCUT2D eigenvalue weighted by Crippen LogP contribution is -2.30. The van der Waals surface area contributed by atoms with Gasteiger partial charge in [-0.3, -0.25) is 0 Å². The number of benzene rings is 1. The van der Waals surface area contributed by atoms with Crippen molar-refractivity contribution in [3.8, 4) is 6.07 Å². The number of carboxylic acids is 1. The number of carboxylic acid groups (broad SMARTS) is 1. The summed E-state index contributed by atoms with van der Waals surface area (Å²) < 4.78 is 13.8. The zero-order valence-electron chi connectivity index (χ0n) is 10.4. The van der Waals surface area contributed by atoms with E-state index >= 15 is 0 Å². The summed E-state index contributed by atoms with van der Waals surface area (Å²) in [5.74, 6) is -2.05. The Bertz CT molecular complexity index is 482. The average molecular weight is 250 g/mol. The van der Waals surface area contributed by atoms with Crippen molar-refractivity contribution in [1.82, 2.24) is 0 Å². The van der Waals surface area contributed by atoms with Crippen molar-refractivity contribution in [3.63, 3.8) is 0 Å². The molecule has 0 heterocycles. The number of rotatable bonds is 5. The highest BCUT2D eigenvalue weighted by molar-refractivity contribution is 5.94. The van der Waals surface area contributed by atoms with E-state index in [4.69, 9.17) is 10.4 Å². The van der Waals surface area contributed by atoms with E-state index in [2.05, 4.69) is 6.07 Å². The Morgan fingerprint density at radius 3 is 2.78 bits per heavy atom. The van der Waals surface area contributed by atoms with Crippen molar-refractivity contribution >= 4 is 11.7 Å². The molecule has 0 radical (unpaired) electrons. The maximum atomic E-state index is 13.8. The first-order valence-corrected chi connectivity index (χ1v) is 5.67. The molecule has 4 nitrogen and oxygen atoms in total. The monoisotopic (exact) mass is 250 g/mol. The number of anilines is 1. The van der Waals surface area contributed by atoms with E-state index in [1.54, 1.807) is 18.7 Å². The lowest BCUT2D eigenvalue weighted by molar-refractivity contribution is 0.0697.